The lowest BCUT2D eigenvalue weighted by molar-refractivity contribution is -0.123. The molecule has 6 N–H and O–H groups in total. The van der Waals surface area contributed by atoms with Gasteiger partial charge in [0.15, 0.2) is 0 Å². The predicted molar refractivity (Wildman–Crippen MR) is 163 cm³/mol. The third-order valence-electron chi connectivity index (χ3n) is 6.63. The van der Waals surface area contributed by atoms with E-state index in [2.05, 4.69) is 53.8 Å². The second kappa shape index (κ2) is 14.8. The average Bonchev–Trinajstić information content (AvgIpc) is 3.00. The van der Waals surface area contributed by atoms with Crippen molar-refractivity contribution in [2.45, 2.75) is 31.3 Å². The van der Waals surface area contributed by atoms with Crippen molar-refractivity contribution in [3.8, 4) is 11.5 Å². The number of carbonyl (C=O) groups excluding carboxylic acids is 1. The van der Waals surface area contributed by atoms with Crippen molar-refractivity contribution in [2.24, 2.45) is 11.5 Å². The van der Waals surface area contributed by atoms with Crippen LogP contribution in [0.3, 0.4) is 0 Å². The van der Waals surface area contributed by atoms with E-state index in [1.54, 1.807) is 0 Å². The highest BCUT2D eigenvalue weighted by Crippen LogP contribution is 2.28. The van der Waals surface area contributed by atoms with E-state index in [0.717, 1.165) is 23.5 Å². The van der Waals surface area contributed by atoms with E-state index in [1.807, 2.05) is 66.7 Å². The maximum Gasteiger partial charge on any atom is 0.237 e. The highest BCUT2D eigenvalue weighted by molar-refractivity contribution is 5.85. The summed E-state index contributed by atoms with van der Waals surface area (Å²) in [5, 5.41) is 16.9. The Morgan fingerprint density at radius 1 is 0.750 bits per heavy atom. The number of aliphatic hydroxyl groups excluding tert-OH is 1. The maximum absolute atomic E-state index is 11.8. The summed E-state index contributed by atoms with van der Waals surface area (Å²) >= 11 is 0. The molecule has 206 valence electrons. The first-order valence-corrected chi connectivity index (χ1v) is 13.6. The molecule has 0 aliphatic carbocycles. The van der Waals surface area contributed by atoms with E-state index < -0.39 is 6.04 Å². The number of nitrogens with one attached hydrogen (secondary N) is 1. The quantitative estimate of drug-likeness (QED) is 0.187. The Morgan fingerprint density at radius 2 is 1.27 bits per heavy atom. The number of carbonyl (C=O) groups is 1. The SMILES string of the molecule is NCCC[C@@H](N)C(=O)N[C@@H](CO)Cc1ccccc1.c1ccc2cc(Oc3ccc4ccccc4c3)ccc2c1. The van der Waals surface area contributed by atoms with Crippen LogP contribution in [0.2, 0.25) is 0 Å². The van der Waals surface area contributed by atoms with E-state index >= 15 is 0 Å². The third kappa shape index (κ3) is 8.38. The highest BCUT2D eigenvalue weighted by atomic mass is 16.5. The summed E-state index contributed by atoms with van der Waals surface area (Å²) in [5.41, 5.74) is 12.2. The van der Waals surface area contributed by atoms with E-state index in [9.17, 15) is 9.90 Å². The molecule has 6 heteroatoms. The third-order valence-corrected chi connectivity index (χ3v) is 6.63. The van der Waals surface area contributed by atoms with Crippen molar-refractivity contribution in [3.63, 3.8) is 0 Å². The number of amides is 1. The van der Waals surface area contributed by atoms with E-state index in [0.29, 0.717) is 19.4 Å². The first-order valence-electron chi connectivity index (χ1n) is 13.6. The van der Waals surface area contributed by atoms with Crippen LogP contribution in [0.1, 0.15) is 18.4 Å². The zero-order valence-electron chi connectivity index (χ0n) is 22.6. The molecule has 0 fully saturated rings. The van der Waals surface area contributed by atoms with Crippen molar-refractivity contribution in [1.82, 2.24) is 5.32 Å². The Balaban J connectivity index is 0.000000186. The lowest BCUT2D eigenvalue weighted by Gasteiger charge is -2.19. The first kappa shape index (κ1) is 28.8. The van der Waals surface area contributed by atoms with E-state index in [4.69, 9.17) is 16.2 Å². The molecular weight excluding hydrogens is 498 g/mol. The van der Waals surface area contributed by atoms with Crippen LogP contribution in [0.15, 0.2) is 115 Å². The van der Waals surface area contributed by atoms with Crippen molar-refractivity contribution in [1.29, 1.82) is 0 Å². The van der Waals surface area contributed by atoms with Crippen LogP contribution in [-0.2, 0) is 11.2 Å². The average molecular weight is 536 g/mol. The van der Waals surface area contributed by atoms with Crippen LogP contribution in [0.4, 0.5) is 0 Å². The number of rotatable bonds is 10. The lowest BCUT2D eigenvalue weighted by atomic mass is 10.1. The first-order chi connectivity index (χ1) is 19.6. The normalized spacial score (nSPS) is 12.3. The van der Waals surface area contributed by atoms with Crippen LogP contribution in [0, 0.1) is 0 Å². The smallest absolute Gasteiger partial charge is 0.237 e. The standard InChI is InChI=1S/C20H14O.C14H23N3O2/c1-3-7-17-13-19(11-9-15(17)5-1)21-20-12-10-16-6-2-4-8-18(16)14-20;15-8-4-7-13(16)14(19)17-12(10-18)9-11-5-2-1-3-6-11/h1-14H;1-3,5-6,12-13,18H,4,7-10,15-16H2,(H,17,19)/t;12-,13-/m.1/s1. The van der Waals surface area contributed by atoms with E-state index in [1.165, 1.54) is 21.5 Å². The summed E-state index contributed by atoms with van der Waals surface area (Å²) in [6.45, 7) is 0.415. The molecule has 0 aliphatic heterocycles. The van der Waals surface area contributed by atoms with Crippen LogP contribution in [0.25, 0.3) is 21.5 Å². The molecule has 0 radical (unpaired) electrons. The molecule has 0 unspecified atom stereocenters. The van der Waals surface area contributed by atoms with Gasteiger partial charge in [-0.05, 0) is 77.2 Å². The van der Waals surface area contributed by atoms with Gasteiger partial charge in [-0.3, -0.25) is 4.79 Å². The van der Waals surface area contributed by atoms with Gasteiger partial charge in [0, 0.05) is 0 Å². The molecule has 5 aromatic rings. The molecule has 0 heterocycles. The molecule has 0 bridgehead atoms. The Hall–Kier alpha value is -4.23. The fraction of sp³-hybridized carbons (Fsp3) is 0.206. The van der Waals surface area contributed by atoms with Crippen molar-refractivity contribution < 1.29 is 14.6 Å². The minimum atomic E-state index is -0.562. The van der Waals surface area contributed by atoms with Gasteiger partial charge < -0.3 is 26.6 Å². The van der Waals surface area contributed by atoms with Crippen molar-refractivity contribution in [3.05, 3.63) is 121 Å². The highest BCUT2D eigenvalue weighted by Gasteiger charge is 2.17. The Morgan fingerprint density at radius 3 is 1.80 bits per heavy atom. The number of benzene rings is 5. The Kier molecular flexibility index (Phi) is 10.6. The van der Waals surface area contributed by atoms with Crippen LogP contribution in [0.5, 0.6) is 11.5 Å². The number of hydrogen-bond acceptors (Lipinski definition) is 5. The summed E-state index contributed by atoms with van der Waals surface area (Å²) in [4.78, 5) is 11.8. The summed E-state index contributed by atoms with van der Waals surface area (Å²) in [5.74, 6) is 1.50. The van der Waals surface area contributed by atoms with Gasteiger partial charge in [0.1, 0.15) is 11.5 Å². The van der Waals surface area contributed by atoms with Gasteiger partial charge in [-0.15, -0.1) is 0 Å². The molecule has 0 saturated carbocycles. The number of nitrogens with two attached hydrogens (primary N) is 2. The zero-order chi connectivity index (χ0) is 28.2. The van der Waals surface area contributed by atoms with Gasteiger partial charge in [0.2, 0.25) is 5.91 Å². The summed E-state index contributed by atoms with van der Waals surface area (Å²) < 4.78 is 5.99. The van der Waals surface area contributed by atoms with E-state index in [-0.39, 0.29) is 18.6 Å². The largest absolute Gasteiger partial charge is 0.457 e. The molecule has 1 amide bonds. The number of fused-ring (bicyclic) bond motifs is 2. The minimum Gasteiger partial charge on any atom is -0.457 e. The minimum absolute atomic E-state index is 0.107. The van der Waals surface area contributed by atoms with Gasteiger partial charge in [-0.2, -0.15) is 0 Å². The topological polar surface area (TPSA) is 111 Å². The predicted octanol–water partition coefficient (Wildman–Crippen LogP) is 5.56. The molecule has 6 nitrogen and oxygen atoms in total. The van der Waals surface area contributed by atoms with Gasteiger partial charge in [0.25, 0.3) is 0 Å². The molecule has 0 aromatic heterocycles. The molecule has 0 spiro atoms. The second-order valence-electron chi connectivity index (χ2n) is 9.74. The number of hydrogen-bond donors (Lipinski definition) is 4. The molecule has 40 heavy (non-hydrogen) atoms. The van der Waals surface area contributed by atoms with Gasteiger partial charge in [-0.25, -0.2) is 0 Å². The molecular formula is C34H37N3O3. The fourth-order valence-corrected chi connectivity index (χ4v) is 4.43. The summed E-state index contributed by atoms with van der Waals surface area (Å²) in [6.07, 6.45) is 1.87. The zero-order valence-corrected chi connectivity index (χ0v) is 22.6. The Bertz CT molecular complexity index is 1430. The van der Waals surface area contributed by atoms with Crippen LogP contribution < -0.4 is 21.5 Å². The van der Waals surface area contributed by atoms with Gasteiger partial charge in [-0.1, -0.05) is 91.0 Å². The number of ether oxygens (including phenoxy) is 1. The summed E-state index contributed by atoms with van der Waals surface area (Å²) in [7, 11) is 0. The van der Waals surface area contributed by atoms with Gasteiger partial charge in [0.05, 0.1) is 18.7 Å². The number of aliphatic hydroxyl groups is 1. The molecule has 0 saturated heterocycles. The Labute approximate surface area is 235 Å². The molecule has 2 atom stereocenters. The monoisotopic (exact) mass is 535 g/mol. The fourth-order valence-electron chi connectivity index (χ4n) is 4.43. The molecule has 5 aromatic carbocycles. The van der Waals surface area contributed by atoms with Crippen LogP contribution >= 0.6 is 0 Å². The molecule has 5 rings (SSSR count). The maximum atomic E-state index is 11.8. The van der Waals surface area contributed by atoms with Crippen LogP contribution in [-0.4, -0.2) is 36.2 Å². The molecule has 0 aliphatic rings. The second-order valence-corrected chi connectivity index (χ2v) is 9.74. The van der Waals surface area contributed by atoms with Crippen molar-refractivity contribution in [2.75, 3.05) is 13.2 Å². The lowest BCUT2D eigenvalue weighted by Crippen LogP contribution is -2.47. The van der Waals surface area contributed by atoms with Gasteiger partial charge >= 0.3 is 0 Å². The summed E-state index contributed by atoms with van der Waals surface area (Å²) in [6, 6.07) is 37.8. The van der Waals surface area contributed by atoms with Crippen molar-refractivity contribution >= 4 is 27.5 Å².